The van der Waals surface area contributed by atoms with Crippen molar-refractivity contribution in [3.8, 4) is 0 Å². The number of nitrogens with zero attached hydrogens (tertiary/aromatic N) is 4. The first-order chi connectivity index (χ1) is 12.5. The van der Waals surface area contributed by atoms with Gasteiger partial charge in [-0.15, -0.1) is 11.8 Å². The van der Waals surface area contributed by atoms with Crippen molar-refractivity contribution < 1.29 is 14.5 Å². The number of nitro benzene ring substituents is 1. The molecular formula is C16H15N5O4S. The van der Waals surface area contributed by atoms with E-state index < -0.39 is 10.9 Å². The summed E-state index contributed by atoms with van der Waals surface area (Å²) in [6.45, 7) is 1.95. The Bertz CT molecular complexity index is 971. The number of ether oxygens (including phenoxy) is 1. The van der Waals surface area contributed by atoms with Crippen molar-refractivity contribution >= 4 is 40.6 Å². The third-order valence-corrected chi connectivity index (χ3v) is 4.20. The van der Waals surface area contributed by atoms with Crippen LogP contribution in [0.25, 0.3) is 5.65 Å². The summed E-state index contributed by atoms with van der Waals surface area (Å²) in [7, 11) is 0. The van der Waals surface area contributed by atoms with Gasteiger partial charge in [-0.1, -0.05) is 0 Å². The largest absolute Gasteiger partial charge is 0.462 e. The monoisotopic (exact) mass is 373 g/mol. The number of esters is 1. The molecule has 0 unspecified atom stereocenters. The van der Waals surface area contributed by atoms with Gasteiger partial charge in [0.2, 0.25) is 0 Å². The van der Waals surface area contributed by atoms with E-state index in [-0.39, 0.29) is 17.9 Å². The number of carbonyl (C=O) groups excluding carboxylic acids is 1. The zero-order valence-electron chi connectivity index (χ0n) is 14.0. The molecule has 0 spiro atoms. The van der Waals surface area contributed by atoms with E-state index in [1.54, 1.807) is 31.3 Å². The molecule has 0 radical (unpaired) electrons. The summed E-state index contributed by atoms with van der Waals surface area (Å²) in [5.74, 6) is -0.136. The van der Waals surface area contributed by atoms with Crippen LogP contribution in [0.15, 0.2) is 41.6 Å². The van der Waals surface area contributed by atoms with E-state index in [0.29, 0.717) is 22.2 Å². The lowest BCUT2D eigenvalue weighted by Gasteiger charge is -2.15. The Kier molecular flexibility index (Phi) is 5.03. The third kappa shape index (κ3) is 3.31. The van der Waals surface area contributed by atoms with Crippen molar-refractivity contribution in [1.82, 2.24) is 14.6 Å². The van der Waals surface area contributed by atoms with Gasteiger partial charge in [-0.25, -0.2) is 9.78 Å². The molecule has 0 aliphatic carbocycles. The second-order valence-electron chi connectivity index (χ2n) is 5.10. The van der Waals surface area contributed by atoms with Gasteiger partial charge < -0.3 is 10.1 Å². The van der Waals surface area contributed by atoms with E-state index in [0.717, 1.165) is 0 Å². The molecule has 3 rings (SSSR count). The molecule has 0 aliphatic heterocycles. The van der Waals surface area contributed by atoms with Crippen LogP contribution in [0.3, 0.4) is 0 Å². The second-order valence-corrected chi connectivity index (χ2v) is 5.89. The highest BCUT2D eigenvalue weighted by Gasteiger charge is 2.23. The summed E-state index contributed by atoms with van der Waals surface area (Å²) in [5.41, 5.74) is 1.36. The number of fused-ring (bicyclic) bond motifs is 1. The Morgan fingerprint density at radius 3 is 2.69 bits per heavy atom. The SMILES string of the molecule is CCOC(=O)c1c(SC)nc2ccnn2c1Nc1ccc([N+](=O)[O-])cc1. The summed E-state index contributed by atoms with van der Waals surface area (Å²) < 4.78 is 6.66. The highest BCUT2D eigenvalue weighted by Crippen LogP contribution is 2.30. The van der Waals surface area contributed by atoms with Gasteiger partial charge in [0.15, 0.2) is 11.5 Å². The number of anilines is 2. The minimum atomic E-state index is -0.522. The van der Waals surface area contributed by atoms with Gasteiger partial charge in [-0.2, -0.15) is 9.61 Å². The summed E-state index contributed by atoms with van der Waals surface area (Å²) in [4.78, 5) is 27.3. The van der Waals surface area contributed by atoms with E-state index >= 15 is 0 Å². The van der Waals surface area contributed by atoms with Gasteiger partial charge in [-0.05, 0) is 25.3 Å². The molecule has 1 aromatic carbocycles. The lowest BCUT2D eigenvalue weighted by atomic mass is 10.2. The maximum atomic E-state index is 12.5. The molecule has 1 N–H and O–H groups in total. The maximum Gasteiger partial charge on any atom is 0.344 e. The lowest BCUT2D eigenvalue weighted by molar-refractivity contribution is -0.384. The number of hydrogen-bond acceptors (Lipinski definition) is 8. The number of aromatic nitrogens is 3. The minimum absolute atomic E-state index is 0.0232. The molecule has 134 valence electrons. The lowest BCUT2D eigenvalue weighted by Crippen LogP contribution is -2.14. The minimum Gasteiger partial charge on any atom is -0.462 e. The quantitative estimate of drug-likeness (QED) is 0.230. The fourth-order valence-corrected chi connectivity index (χ4v) is 2.94. The van der Waals surface area contributed by atoms with Crippen LogP contribution in [0.4, 0.5) is 17.2 Å². The molecule has 0 aliphatic rings. The fraction of sp³-hybridized carbons (Fsp3) is 0.188. The number of carbonyl (C=O) groups is 1. The number of non-ortho nitro benzene ring substituents is 1. The van der Waals surface area contributed by atoms with Gasteiger partial charge in [0.05, 0.1) is 17.7 Å². The molecule has 0 atom stereocenters. The van der Waals surface area contributed by atoms with E-state index in [4.69, 9.17) is 4.74 Å². The number of nitrogens with one attached hydrogen (secondary N) is 1. The summed E-state index contributed by atoms with van der Waals surface area (Å²) in [5, 5.41) is 18.6. The van der Waals surface area contributed by atoms with Crippen molar-refractivity contribution in [2.45, 2.75) is 11.9 Å². The maximum absolute atomic E-state index is 12.5. The van der Waals surface area contributed by atoms with Crippen LogP contribution in [0, 0.1) is 10.1 Å². The van der Waals surface area contributed by atoms with Crippen LogP contribution in [0.1, 0.15) is 17.3 Å². The zero-order valence-corrected chi connectivity index (χ0v) is 14.8. The van der Waals surface area contributed by atoms with Gasteiger partial charge in [0.1, 0.15) is 10.6 Å². The molecule has 2 heterocycles. The molecule has 0 saturated carbocycles. The predicted octanol–water partition coefficient (Wildman–Crippen LogP) is 3.28. The first-order valence-electron chi connectivity index (χ1n) is 7.65. The Balaban J connectivity index is 2.12. The highest BCUT2D eigenvalue weighted by atomic mass is 32.2. The zero-order chi connectivity index (χ0) is 18.7. The number of nitro groups is 1. The van der Waals surface area contributed by atoms with Crippen LogP contribution in [-0.2, 0) is 4.74 Å². The molecule has 26 heavy (non-hydrogen) atoms. The molecule has 9 nitrogen and oxygen atoms in total. The van der Waals surface area contributed by atoms with E-state index in [9.17, 15) is 14.9 Å². The average Bonchev–Trinajstić information content (AvgIpc) is 3.10. The second kappa shape index (κ2) is 7.40. The molecule has 3 aromatic rings. The third-order valence-electron chi connectivity index (χ3n) is 3.52. The standard InChI is InChI=1S/C16H15N5O4S/c1-3-25-16(22)13-14(18-10-4-6-11(7-5-10)21(23)24)20-12(8-9-17-20)19-15(13)26-2/h4-9,18H,3H2,1-2H3. The van der Waals surface area contributed by atoms with Crippen LogP contribution in [0.2, 0.25) is 0 Å². The van der Waals surface area contributed by atoms with Crippen LogP contribution in [-0.4, -0.2) is 38.4 Å². The first-order valence-corrected chi connectivity index (χ1v) is 8.88. The number of hydrogen-bond donors (Lipinski definition) is 1. The van der Waals surface area contributed by atoms with Gasteiger partial charge in [0.25, 0.3) is 5.69 Å². The van der Waals surface area contributed by atoms with Crippen molar-refractivity contribution in [1.29, 1.82) is 0 Å². The molecule has 2 aromatic heterocycles. The van der Waals surface area contributed by atoms with Crippen LogP contribution in [0.5, 0.6) is 0 Å². The molecule has 0 bridgehead atoms. The normalized spacial score (nSPS) is 10.7. The van der Waals surface area contributed by atoms with Crippen molar-refractivity contribution in [3.05, 3.63) is 52.2 Å². The number of benzene rings is 1. The summed E-state index contributed by atoms with van der Waals surface area (Å²) >= 11 is 1.32. The molecule has 0 saturated heterocycles. The van der Waals surface area contributed by atoms with E-state index in [2.05, 4.69) is 15.4 Å². The average molecular weight is 373 g/mol. The van der Waals surface area contributed by atoms with Crippen LogP contribution >= 0.6 is 11.8 Å². The predicted molar refractivity (Wildman–Crippen MR) is 97.1 cm³/mol. The van der Waals surface area contributed by atoms with Gasteiger partial charge in [-0.3, -0.25) is 10.1 Å². The van der Waals surface area contributed by atoms with Crippen molar-refractivity contribution in [2.75, 3.05) is 18.2 Å². The first kappa shape index (κ1) is 17.7. The Morgan fingerprint density at radius 1 is 1.35 bits per heavy atom. The summed E-state index contributed by atoms with van der Waals surface area (Å²) in [6, 6.07) is 7.59. The highest BCUT2D eigenvalue weighted by molar-refractivity contribution is 7.98. The van der Waals surface area contributed by atoms with Crippen LogP contribution < -0.4 is 5.32 Å². The van der Waals surface area contributed by atoms with Crippen molar-refractivity contribution in [3.63, 3.8) is 0 Å². The smallest absolute Gasteiger partial charge is 0.344 e. The Hall–Kier alpha value is -3.14. The molecular weight excluding hydrogens is 358 g/mol. The van der Waals surface area contributed by atoms with E-state index in [1.165, 1.54) is 28.4 Å². The van der Waals surface area contributed by atoms with Crippen molar-refractivity contribution in [2.24, 2.45) is 0 Å². The molecule has 10 heteroatoms. The van der Waals surface area contributed by atoms with E-state index in [1.807, 2.05) is 6.26 Å². The van der Waals surface area contributed by atoms with Gasteiger partial charge in [0, 0.05) is 23.9 Å². The fourth-order valence-electron chi connectivity index (χ4n) is 2.37. The summed E-state index contributed by atoms with van der Waals surface area (Å²) in [6.07, 6.45) is 3.38. The number of thioether (sulfide) groups is 1. The molecule has 0 fully saturated rings. The van der Waals surface area contributed by atoms with Gasteiger partial charge >= 0.3 is 5.97 Å². The Labute approximate surface area is 152 Å². The topological polar surface area (TPSA) is 112 Å². The number of rotatable bonds is 6. The Morgan fingerprint density at radius 2 is 2.08 bits per heavy atom. The molecule has 0 amide bonds.